The second-order valence-electron chi connectivity index (χ2n) is 5.56. The number of rotatable bonds is 2. The summed E-state index contributed by atoms with van der Waals surface area (Å²) in [5.74, 6) is 0. The molecule has 0 spiro atoms. The molecule has 0 fully saturated rings. The number of alkyl halides is 3. The number of halogens is 4. The second kappa shape index (κ2) is 6.10. The average Bonchev–Trinajstić information content (AvgIpc) is 3.04. The Morgan fingerprint density at radius 3 is 2.42 bits per heavy atom. The van der Waals surface area contributed by atoms with Gasteiger partial charge in [-0.2, -0.15) is 18.3 Å². The van der Waals surface area contributed by atoms with Crippen LogP contribution in [0.1, 0.15) is 5.69 Å². The first-order valence-corrected chi connectivity index (χ1v) is 7.93. The van der Waals surface area contributed by atoms with Crippen LogP contribution in [-0.2, 0) is 6.18 Å². The normalized spacial score (nSPS) is 11.8. The van der Waals surface area contributed by atoms with Gasteiger partial charge in [-0.05, 0) is 35.9 Å². The van der Waals surface area contributed by atoms with Gasteiger partial charge in [0.1, 0.15) is 0 Å². The van der Waals surface area contributed by atoms with Gasteiger partial charge in [0.2, 0.25) is 0 Å². The quantitative estimate of drug-likeness (QED) is 0.488. The van der Waals surface area contributed by atoms with Crippen LogP contribution < -0.4 is 0 Å². The Bertz CT molecular complexity index is 1090. The van der Waals surface area contributed by atoms with Gasteiger partial charge in [-0.25, -0.2) is 9.50 Å². The lowest BCUT2D eigenvalue weighted by Crippen LogP contribution is -2.13. The van der Waals surface area contributed by atoms with Crippen LogP contribution in [-0.4, -0.2) is 19.6 Å². The summed E-state index contributed by atoms with van der Waals surface area (Å²) in [7, 11) is 0. The van der Waals surface area contributed by atoms with E-state index >= 15 is 0 Å². The lowest BCUT2D eigenvalue weighted by molar-refractivity contribution is -0.142. The van der Waals surface area contributed by atoms with Gasteiger partial charge in [-0.3, -0.25) is 4.98 Å². The van der Waals surface area contributed by atoms with Crippen LogP contribution in [0.25, 0.3) is 28.0 Å². The fourth-order valence-corrected chi connectivity index (χ4v) is 2.89. The van der Waals surface area contributed by atoms with Crippen molar-refractivity contribution in [2.24, 2.45) is 0 Å². The molecule has 0 radical (unpaired) electrons. The Morgan fingerprint density at radius 2 is 1.73 bits per heavy atom. The van der Waals surface area contributed by atoms with Gasteiger partial charge in [-0.1, -0.05) is 23.7 Å². The third-order valence-electron chi connectivity index (χ3n) is 3.87. The molecule has 0 atom stereocenters. The molecule has 0 amide bonds. The predicted octanol–water partition coefficient (Wildman–Crippen LogP) is 5.13. The number of nitrogens with zero attached hydrogens (tertiary/aromatic N) is 4. The van der Waals surface area contributed by atoms with Gasteiger partial charge in [-0.15, -0.1) is 0 Å². The highest BCUT2D eigenvalue weighted by molar-refractivity contribution is 6.30. The molecule has 4 aromatic rings. The summed E-state index contributed by atoms with van der Waals surface area (Å²) in [6.07, 6.45) is -0.217. The zero-order chi connectivity index (χ0) is 18.3. The SMILES string of the molecule is FC(F)(F)c1cc(-c2ccncc2)nc2c(-c3cccc(Cl)c3)cnn12. The van der Waals surface area contributed by atoms with Crippen molar-refractivity contribution in [3.63, 3.8) is 0 Å². The molecule has 0 N–H and O–H groups in total. The molecule has 8 heteroatoms. The van der Waals surface area contributed by atoms with Crippen LogP contribution in [0.3, 0.4) is 0 Å². The first kappa shape index (κ1) is 16.5. The van der Waals surface area contributed by atoms with Gasteiger partial charge in [0, 0.05) is 28.5 Å². The molecule has 0 bridgehead atoms. The Kier molecular flexibility index (Phi) is 3.88. The first-order chi connectivity index (χ1) is 12.4. The molecular weight excluding hydrogens is 365 g/mol. The summed E-state index contributed by atoms with van der Waals surface area (Å²) < 4.78 is 41.5. The number of hydrogen-bond donors (Lipinski definition) is 0. The maximum atomic E-state index is 13.6. The van der Waals surface area contributed by atoms with Crippen molar-refractivity contribution in [1.29, 1.82) is 0 Å². The van der Waals surface area contributed by atoms with Crippen LogP contribution in [0.2, 0.25) is 5.02 Å². The van der Waals surface area contributed by atoms with E-state index in [4.69, 9.17) is 11.6 Å². The van der Waals surface area contributed by atoms with Gasteiger partial charge in [0.05, 0.1) is 11.9 Å². The second-order valence-corrected chi connectivity index (χ2v) is 6.00. The van der Waals surface area contributed by atoms with Crippen molar-refractivity contribution in [2.45, 2.75) is 6.18 Å². The number of fused-ring (bicyclic) bond motifs is 1. The monoisotopic (exact) mass is 374 g/mol. The molecule has 0 saturated carbocycles. The number of hydrogen-bond acceptors (Lipinski definition) is 3. The highest BCUT2D eigenvalue weighted by Gasteiger charge is 2.35. The molecule has 0 saturated heterocycles. The highest BCUT2D eigenvalue weighted by Crippen LogP contribution is 2.34. The first-order valence-electron chi connectivity index (χ1n) is 7.56. The van der Waals surface area contributed by atoms with Gasteiger partial charge >= 0.3 is 6.18 Å². The van der Waals surface area contributed by atoms with Gasteiger partial charge in [0.15, 0.2) is 11.3 Å². The van der Waals surface area contributed by atoms with E-state index < -0.39 is 11.9 Å². The molecule has 0 unspecified atom stereocenters. The standard InChI is InChI=1S/C18H10ClF3N4/c19-13-3-1-2-12(8-13)14-10-24-26-16(18(20,21)22)9-15(25-17(14)26)11-4-6-23-7-5-11/h1-10H. The van der Waals surface area contributed by atoms with Crippen LogP contribution in [0, 0.1) is 0 Å². The summed E-state index contributed by atoms with van der Waals surface area (Å²) >= 11 is 6.01. The summed E-state index contributed by atoms with van der Waals surface area (Å²) in [5.41, 5.74) is 1.03. The Labute approximate surface area is 150 Å². The average molecular weight is 375 g/mol. The van der Waals surface area contributed by atoms with Gasteiger partial charge in [0.25, 0.3) is 0 Å². The molecule has 4 nitrogen and oxygen atoms in total. The van der Waals surface area contributed by atoms with E-state index in [9.17, 15) is 13.2 Å². The minimum absolute atomic E-state index is 0.105. The van der Waals surface area contributed by atoms with Gasteiger partial charge < -0.3 is 0 Å². The summed E-state index contributed by atoms with van der Waals surface area (Å²) in [4.78, 5) is 8.30. The zero-order valence-corrected chi connectivity index (χ0v) is 13.8. The molecule has 3 heterocycles. The number of pyridine rings is 1. The topological polar surface area (TPSA) is 43.1 Å². The summed E-state index contributed by atoms with van der Waals surface area (Å²) in [5, 5.41) is 4.38. The molecule has 26 heavy (non-hydrogen) atoms. The summed E-state index contributed by atoms with van der Waals surface area (Å²) in [6, 6.07) is 11.0. The Balaban J connectivity index is 2.02. The zero-order valence-electron chi connectivity index (χ0n) is 13.1. The van der Waals surface area contributed by atoms with E-state index in [1.807, 2.05) is 0 Å². The van der Waals surface area contributed by atoms with Crippen molar-refractivity contribution < 1.29 is 13.2 Å². The van der Waals surface area contributed by atoms with Crippen molar-refractivity contribution in [1.82, 2.24) is 19.6 Å². The molecule has 0 aliphatic heterocycles. The fraction of sp³-hybridized carbons (Fsp3) is 0.0556. The van der Waals surface area contributed by atoms with E-state index in [2.05, 4.69) is 15.1 Å². The predicted molar refractivity (Wildman–Crippen MR) is 91.7 cm³/mol. The lowest BCUT2D eigenvalue weighted by atomic mass is 10.1. The molecule has 3 aromatic heterocycles. The van der Waals surface area contributed by atoms with Crippen LogP contribution >= 0.6 is 11.6 Å². The molecule has 0 aliphatic rings. The fourth-order valence-electron chi connectivity index (χ4n) is 2.69. The van der Waals surface area contributed by atoms with Crippen LogP contribution in [0.4, 0.5) is 13.2 Å². The largest absolute Gasteiger partial charge is 0.433 e. The Morgan fingerprint density at radius 1 is 0.962 bits per heavy atom. The molecular formula is C18H10ClF3N4. The molecule has 130 valence electrons. The van der Waals surface area contributed by atoms with Crippen molar-refractivity contribution in [2.75, 3.05) is 0 Å². The third-order valence-corrected chi connectivity index (χ3v) is 4.11. The number of benzene rings is 1. The van der Waals surface area contributed by atoms with E-state index in [0.29, 0.717) is 21.7 Å². The number of aromatic nitrogens is 4. The van der Waals surface area contributed by atoms with E-state index in [1.54, 1.807) is 36.4 Å². The lowest BCUT2D eigenvalue weighted by Gasteiger charge is -2.11. The highest BCUT2D eigenvalue weighted by atomic mass is 35.5. The van der Waals surface area contributed by atoms with Crippen molar-refractivity contribution in [3.05, 3.63) is 71.8 Å². The van der Waals surface area contributed by atoms with Crippen LogP contribution in [0.15, 0.2) is 61.1 Å². The maximum Gasteiger partial charge on any atom is 0.433 e. The molecule has 1 aromatic carbocycles. The van der Waals surface area contributed by atoms with Crippen LogP contribution in [0.5, 0.6) is 0 Å². The maximum absolute atomic E-state index is 13.6. The molecule has 4 rings (SSSR count). The van der Waals surface area contributed by atoms with E-state index in [1.165, 1.54) is 18.6 Å². The Hall–Kier alpha value is -2.93. The third kappa shape index (κ3) is 2.90. The van der Waals surface area contributed by atoms with E-state index in [-0.39, 0.29) is 11.3 Å². The van der Waals surface area contributed by atoms with Crippen molar-refractivity contribution in [3.8, 4) is 22.4 Å². The minimum atomic E-state index is -4.58. The van der Waals surface area contributed by atoms with E-state index in [0.717, 1.165) is 10.6 Å². The summed E-state index contributed by atoms with van der Waals surface area (Å²) in [6.45, 7) is 0. The van der Waals surface area contributed by atoms with Crippen molar-refractivity contribution >= 4 is 17.2 Å². The molecule has 0 aliphatic carbocycles. The smallest absolute Gasteiger partial charge is 0.265 e. The minimum Gasteiger partial charge on any atom is -0.265 e.